The first-order valence-electron chi connectivity index (χ1n) is 5.69. The third-order valence-corrected chi connectivity index (χ3v) is 3.24. The number of aliphatic hydroxyl groups is 1. The summed E-state index contributed by atoms with van der Waals surface area (Å²) >= 11 is 0. The number of hydrogen-bond acceptors (Lipinski definition) is 3. The second kappa shape index (κ2) is 3.80. The van der Waals surface area contributed by atoms with Gasteiger partial charge < -0.3 is 10.4 Å². The molecule has 1 unspecified atom stereocenters. The van der Waals surface area contributed by atoms with E-state index in [1.165, 1.54) is 19.4 Å². The predicted molar refractivity (Wildman–Crippen MR) is 57.3 cm³/mol. The highest BCUT2D eigenvalue weighted by molar-refractivity contribution is 4.93. The first kappa shape index (κ1) is 10.4. The van der Waals surface area contributed by atoms with Crippen LogP contribution in [0.5, 0.6) is 0 Å². The van der Waals surface area contributed by atoms with E-state index in [-0.39, 0.29) is 12.6 Å². The van der Waals surface area contributed by atoms with Crippen LogP contribution in [0.1, 0.15) is 26.7 Å². The van der Waals surface area contributed by atoms with Crippen molar-refractivity contribution in [2.75, 3.05) is 26.2 Å². The monoisotopic (exact) mass is 198 g/mol. The third kappa shape index (κ3) is 2.47. The molecule has 2 fully saturated rings. The maximum Gasteiger partial charge on any atom is 0.0597 e. The summed E-state index contributed by atoms with van der Waals surface area (Å²) in [7, 11) is 0. The zero-order valence-electron chi connectivity index (χ0n) is 9.29. The predicted octanol–water partition coefficient (Wildman–Crippen LogP) is 0.441. The lowest BCUT2D eigenvalue weighted by molar-refractivity contribution is 0.175. The molecule has 3 nitrogen and oxygen atoms in total. The fourth-order valence-electron chi connectivity index (χ4n) is 2.28. The van der Waals surface area contributed by atoms with Crippen LogP contribution in [-0.2, 0) is 0 Å². The smallest absolute Gasteiger partial charge is 0.0597 e. The third-order valence-electron chi connectivity index (χ3n) is 3.24. The first-order chi connectivity index (χ1) is 6.61. The summed E-state index contributed by atoms with van der Waals surface area (Å²) in [5.74, 6) is 0. The molecule has 2 aliphatic rings. The van der Waals surface area contributed by atoms with Crippen molar-refractivity contribution in [3.8, 4) is 0 Å². The van der Waals surface area contributed by atoms with Crippen molar-refractivity contribution >= 4 is 0 Å². The van der Waals surface area contributed by atoms with Gasteiger partial charge in [0.1, 0.15) is 0 Å². The van der Waals surface area contributed by atoms with Gasteiger partial charge in [0.25, 0.3) is 0 Å². The fraction of sp³-hybridized carbons (Fsp3) is 1.00. The summed E-state index contributed by atoms with van der Waals surface area (Å²) in [6.45, 7) is 8.07. The second-order valence-corrected chi connectivity index (χ2v) is 5.59. The van der Waals surface area contributed by atoms with E-state index in [2.05, 4.69) is 24.1 Å². The maximum absolute atomic E-state index is 9.22. The Morgan fingerprint density at radius 3 is 2.71 bits per heavy atom. The molecular formula is C11H22N2O. The molecule has 1 saturated heterocycles. The van der Waals surface area contributed by atoms with Crippen LogP contribution in [-0.4, -0.2) is 48.3 Å². The number of nitrogens with zero attached hydrogens (tertiary/aromatic N) is 1. The molecule has 0 aromatic carbocycles. The van der Waals surface area contributed by atoms with Crippen molar-refractivity contribution < 1.29 is 5.11 Å². The van der Waals surface area contributed by atoms with Gasteiger partial charge in [-0.15, -0.1) is 0 Å². The molecule has 0 radical (unpaired) electrons. The molecule has 1 aliphatic heterocycles. The molecule has 1 saturated carbocycles. The van der Waals surface area contributed by atoms with Gasteiger partial charge in [0.05, 0.1) is 6.61 Å². The van der Waals surface area contributed by atoms with Crippen LogP contribution < -0.4 is 5.32 Å². The molecule has 1 aliphatic carbocycles. The van der Waals surface area contributed by atoms with E-state index in [4.69, 9.17) is 0 Å². The van der Waals surface area contributed by atoms with Gasteiger partial charge in [-0.3, -0.25) is 4.90 Å². The fourth-order valence-corrected chi connectivity index (χ4v) is 2.28. The van der Waals surface area contributed by atoms with Crippen LogP contribution in [0.4, 0.5) is 0 Å². The van der Waals surface area contributed by atoms with Crippen LogP contribution in [0.15, 0.2) is 0 Å². The molecule has 1 heterocycles. The van der Waals surface area contributed by atoms with Gasteiger partial charge >= 0.3 is 0 Å². The zero-order chi connectivity index (χ0) is 10.2. The average Bonchev–Trinajstić information content (AvgIpc) is 2.90. The topological polar surface area (TPSA) is 35.5 Å². The lowest BCUT2D eigenvalue weighted by Gasteiger charge is -2.29. The Labute approximate surface area is 86.5 Å². The molecule has 3 heteroatoms. The largest absolute Gasteiger partial charge is 0.395 e. The van der Waals surface area contributed by atoms with Crippen molar-refractivity contribution in [1.82, 2.24) is 10.2 Å². The average molecular weight is 198 g/mol. The van der Waals surface area contributed by atoms with E-state index in [0.717, 1.165) is 19.1 Å². The maximum atomic E-state index is 9.22. The second-order valence-electron chi connectivity index (χ2n) is 5.59. The van der Waals surface area contributed by atoms with E-state index in [9.17, 15) is 5.11 Å². The van der Waals surface area contributed by atoms with E-state index in [1.54, 1.807) is 0 Å². The highest BCUT2D eigenvalue weighted by Crippen LogP contribution is 2.31. The van der Waals surface area contributed by atoms with Crippen molar-refractivity contribution in [2.24, 2.45) is 5.41 Å². The van der Waals surface area contributed by atoms with E-state index in [1.807, 2.05) is 0 Å². The quantitative estimate of drug-likeness (QED) is 0.676. The van der Waals surface area contributed by atoms with Crippen LogP contribution in [0, 0.1) is 5.41 Å². The van der Waals surface area contributed by atoms with Crippen LogP contribution in [0.2, 0.25) is 0 Å². The minimum atomic E-state index is 0.263. The Kier molecular flexibility index (Phi) is 2.82. The van der Waals surface area contributed by atoms with Crippen molar-refractivity contribution in [3.05, 3.63) is 0 Å². The van der Waals surface area contributed by atoms with E-state index in [0.29, 0.717) is 5.41 Å². The number of nitrogens with one attached hydrogen (secondary N) is 1. The minimum absolute atomic E-state index is 0.263. The molecule has 0 aromatic rings. The number of rotatable bonds is 2. The number of hydrogen-bond donors (Lipinski definition) is 2. The van der Waals surface area contributed by atoms with Crippen molar-refractivity contribution in [3.63, 3.8) is 0 Å². The van der Waals surface area contributed by atoms with Gasteiger partial charge in [-0.25, -0.2) is 0 Å². The molecule has 0 bridgehead atoms. The van der Waals surface area contributed by atoms with Crippen molar-refractivity contribution in [2.45, 2.75) is 38.8 Å². The van der Waals surface area contributed by atoms with Gasteiger partial charge in [0.2, 0.25) is 0 Å². The Morgan fingerprint density at radius 2 is 2.14 bits per heavy atom. The summed E-state index contributed by atoms with van der Waals surface area (Å²) in [5, 5.41) is 12.7. The van der Waals surface area contributed by atoms with Gasteiger partial charge in [-0.2, -0.15) is 0 Å². The van der Waals surface area contributed by atoms with Gasteiger partial charge in [0, 0.05) is 31.7 Å². The Hall–Kier alpha value is -0.120. The Morgan fingerprint density at radius 1 is 1.43 bits per heavy atom. The number of aliphatic hydroxyl groups excluding tert-OH is 1. The van der Waals surface area contributed by atoms with Gasteiger partial charge in [-0.1, -0.05) is 13.8 Å². The molecule has 0 spiro atoms. The summed E-state index contributed by atoms with van der Waals surface area (Å²) < 4.78 is 0. The summed E-state index contributed by atoms with van der Waals surface area (Å²) in [4.78, 5) is 2.56. The molecule has 1 atom stereocenters. The molecule has 14 heavy (non-hydrogen) atoms. The lowest BCUT2D eigenvalue weighted by atomic mass is 9.93. The van der Waals surface area contributed by atoms with Crippen molar-refractivity contribution in [1.29, 1.82) is 0 Å². The summed E-state index contributed by atoms with van der Waals surface area (Å²) in [5.41, 5.74) is 0.340. The minimum Gasteiger partial charge on any atom is -0.395 e. The van der Waals surface area contributed by atoms with Crippen LogP contribution in [0.25, 0.3) is 0 Å². The molecule has 0 amide bonds. The van der Waals surface area contributed by atoms with Crippen LogP contribution in [0.3, 0.4) is 0 Å². The molecular weight excluding hydrogens is 176 g/mol. The summed E-state index contributed by atoms with van der Waals surface area (Å²) in [6.07, 6.45) is 2.71. The molecule has 82 valence electrons. The van der Waals surface area contributed by atoms with E-state index >= 15 is 0 Å². The highest BCUT2D eigenvalue weighted by atomic mass is 16.3. The summed E-state index contributed by atoms with van der Waals surface area (Å²) in [6, 6.07) is 1.08. The normalized spacial score (nSPS) is 34.1. The SMILES string of the molecule is CC1(C)CNC(CO)CN(C2CC2)C1. The highest BCUT2D eigenvalue weighted by Gasteiger charge is 2.36. The molecule has 0 aromatic heterocycles. The Balaban J connectivity index is 2.00. The molecule has 2 rings (SSSR count). The van der Waals surface area contributed by atoms with Crippen LogP contribution >= 0.6 is 0 Å². The first-order valence-corrected chi connectivity index (χ1v) is 5.69. The Bertz CT molecular complexity index is 201. The molecule has 2 N–H and O–H groups in total. The van der Waals surface area contributed by atoms with Gasteiger partial charge in [-0.05, 0) is 18.3 Å². The van der Waals surface area contributed by atoms with Gasteiger partial charge in [0.15, 0.2) is 0 Å². The standard InChI is InChI=1S/C11H22N2O/c1-11(2)7-12-9(6-14)5-13(8-11)10-3-4-10/h9-10,12,14H,3-8H2,1-2H3. The zero-order valence-corrected chi connectivity index (χ0v) is 9.29. The van der Waals surface area contributed by atoms with E-state index < -0.39 is 0 Å². The lowest BCUT2D eigenvalue weighted by Crippen LogP contribution is -2.40.